The molecule has 0 aromatic rings. The lowest BCUT2D eigenvalue weighted by Crippen LogP contribution is -2.41. The van der Waals surface area contributed by atoms with Crippen LogP contribution in [0.4, 0.5) is 4.79 Å². The Balaban J connectivity index is 1.93. The van der Waals surface area contributed by atoms with E-state index in [1.54, 1.807) is 14.1 Å². The SMILES string of the molecule is CN(C)C(=O)NCC(=O)NCCCCC1CCCO1. The summed E-state index contributed by atoms with van der Waals surface area (Å²) in [6, 6.07) is -0.256. The van der Waals surface area contributed by atoms with Crippen molar-refractivity contribution in [2.24, 2.45) is 0 Å². The Hall–Kier alpha value is -1.30. The summed E-state index contributed by atoms with van der Waals surface area (Å²) in [6.07, 6.45) is 5.86. The molecule has 19 heavy (non-hydrogen) atoms. The molecule has 1 aliphatic rings. The van der Waals surface area contributed by atoms with Gasteiger partial charge in [0.25, 0.3) is 0 Å². The van der Waals surface area contributed by atoms with E-state index in [1.807, 2.05) is 0 Å². The molecular formula is C13H25N3O3. The molecule has 0 aromatic heterocycles. The Kier molecular flexibility index (Phi) is 7.25. The highest BCUT2D eigenvalue weighted by molar-refractivity contribution is 5.83. The van der Waals surface area contributed by atoms with Gasteiger partial charge in [0.15, 0.2) is 0 Å². The van der Waals surface area contributed by atoms with Crippen LogP contribution in [-0.2, 0) is 9.53 Å². The van der Waals surface area contributed by atoms with Gasteiger partial charge in [-0.1, -0.05) is 0 Å². The Labute approximate surface area is 114 Å². The minimum atomic E-state index is -0.256. The lowest BCUT2D eigenvalue weighted by Gasteiger charge is -2.12. The average Bonchev–Trinajstić information content (AvgIpc) is 2.88. The first kappa shape index (κ1) is 15.8. The first-order chi connectivity index (χ1) is 9.09. The van der Waals surface area contributed by atoms with Crippen molar-refractivity contribution in [2.75, 3.05) is 33.8 Å². The number of urea groups is 1. The van der Waals surface area contributed by atoms with Crippen LogP contribution in [0.2, 0.25) is 0 Å². The fraction of sp³-hybridized carbons (Fsp3) is 0.846. The monoisotopic (exact) mass is 271 g/mol. The molecule has 1 aliphatic heterocycles. The minimum Gasteiger partial charge on any atom is -0.378 e. The van der Waals surface area contributed by atoms with Gasteiger partial charge in [0, 0.05) is 27.2 Å². The molecule has 0 saturated carbocycles. The van der Waals surface area contributed by atoms with E-state index in [9.17, 15) is 9.59 Å². The summed E-state index contributed by atoms with van der Waals surface area (Å²) in [7, 11) is 3.27. The maximum atomic E-state index is 11.4. The molecule has 3 amide bonds. The van der Waals surface area contributed by atoms with Gasteiger partial charge >= 0.3 is 6.03 Å². The molecule has 0 aliphatic carbocycles. The summed E-state index contributed by atoms with van der Waals surface area (Å²) in [4.78, 5) is 24.0. The smallest absolute Gasteiger partial charge is 0.317 e. The molecule has 6 heteroatoms. The fourth-order valence-corrected chi connectivity index (χ4v) is 1.97. The van der Waals surface area contributed by atoms with Crippen molar-refractivity contribution in [3.8, 4) is 0 Å². The number of ether oxygens (including phenoxy) is 1. The highest BCUT2D eigenvalue weighted by Gasteiger charge is 2.14. The number of rotatable bonds is 7. The van der Waals surface area contributed by atoms with Gasteiger partial charge in [0.05, 0.1) is 12.6 Å². The Morgan fingerprint density at radius 3 is 2.68 bits per heavy atom. The van der Waals surface area contributed by atoms with Crippen LogP contribution in [0.5, 0.6) is 0 Å². The number of unbranched alkanes of at least 4 members (excludes halogenated alkanes) is 1. The van der Waals surface area contributed by atoms with E-state index in [2.05, 4.69) is 10.6 Å². The number of carbonyl (C=O) groups is 2. The maximum absolute atomic E-state index is 11.4. The third kappa shape index (κ3) is 7.00. The molecule has 2 N–H and O–H groups in total. The summed E-state index contributed by atoms with van der Waals surface area (Å²) >= 11 is 0. The number of hydrogen-bond acceptors (Lipinski definition) is 3. The van der Waals surface area contributed by atoms with Crippen LogP contribution in [0.3, 0.4) is 0 Å². The Morgan fingerprint density at radius 2 is 2.05 bits per heavy atom. The zero-order chi connectivity index (χ0) is 14.1. The molecule has 6 nitrogen and oxygen atoms in total. The summed E-state index contributed by atoms with van der Waals surface area (Å²) in [5, 5.41) is 5.31. The largest absolute Gasteiger partial charge is 0.378 e. The van der Waals surface area contributed by atoms with E-state index >= 15 is 0 Å². The first-order valence-corrected chi connectivity index (χ1v) is 6.93. The van der Waals surface area contributed by atoms with Crippen LogP contribution in [0.15, 0.2) is 0 Å². The summed E-state index contributed by atoms with van der Waals surface area (Å²) in [5.74, 6) is -0.146. The average molecular weight is 271 g/mol. The summed E-state index contributed by atoms with van der Waals surface area (Å²) in [6.45, 7) is 1.58. The van der Waals surface area contributed by atoms with Crippen molar-refractivity contribution in [2.45, 2.75) is 38.2 Å². The van der Waals surface area contributed by atoms with Crippen LogP contribution < -0.4 is 10.6 Å². The fourth-order valence-electron chi connectivity index (χ4n) is 1.97. The van der Waals surface area contributed by atoms with Crippen molar-refractivity contribution < 1.29 is 14.3 Å². The molecule has 0 bridgehead atoms. The van der Waals surface area contributed by atoms with Crippen LogP contribution in [0.1, 0.15) is 32.1 Å². The zero-order valence-electron chi connectivity index (χ0n) is 11.9. The highest BCUT2D eigenvalue weighted by atomic mass is 16.5. The predicted octanol–water partition coefficient (Wildman–Crippen LogP) is 0.723. The van der Waals surface area contributed by atoms with E-state index in [0.29, 0.717) is 12.6 Å². The molecule has 1 fully saturated rings. The zero-order valence-corrected chi connectivity index (χ0v) is 11.9. The van der Waals surface area contributed by atoms with Gasteiger partial charge in [-0.3, -0.25) is 4.79 Å². The predicted molar refractivity (Wildman–Crippen MR) is 72.9 cm³/mol. The van der Waals surface area contributed by atoms with Crippen LogP contribution in [-0.4, -0.2) is 56.7 Å². The molecule has 1 rings (SSSR count). The van der Waals surface area contributed by atoms with Gasteiger partial charge in [-0.15, -0.1) is 0 Å². The third-order valence-electron chi connectivity index (χ3n) is 3.11. The normalized spacial score (nSPS) is 18.1. The van der Waals surface area contributed by atoms with E-state index in [4.69, 9.17) is 4.74 Å². The molecule has 1 heterocycles. The maximum Gasteiger partial charge on any atom is 0.317 e. The van der Waals surface area contributed by atoms with Gasteiger partial charge in [-0.25, -0.2) is 4.79 Å². The molecule has 1 saturated heterocycles. The van der Waals surface area contributed by atoms with E-state index in [1.165, 1.54) is 17.7 Å². The molecule has 1 unspecified atom stereocenters. The van der Waals surface area contributed by atoms with Crippen molar-refractivity contribution in [1.29, 1.82) is 0 Å². The van der Waals surface area contributed by atoms with E-state index in [-0.39, 0.29) is 18.5 Å². The molecule has 0 radical (unpaired) electrons. The standard InChI is InChI=1S/C13H25N3O3/c1-16(2)13(18)15-10-12(17)14-8-4-3-6-11-7-5-9-19-11/h11H,3-10H2,1-2H3,(H,14,17)(H,15,18). The molecule has 1 atom stereocenters. The van der Waals surface area contributed by atoms with Crippen molar-refractivity contribution in [3.05, 3.63) is 0 Å². The van der Waals surface area contributed by atoms with Crippen molar-refractivity contribution in [1.82, 2.24) is 15.5 Å². The first-order valence-electron chi connectivity index (χ1n) is 6.93. The topological polar surface area (TPSA) is 70.7 Å². The highest BCUT2D eigenvalue weighted by Crippen LogP contribution is 2.17. The second-order valence-electron chi connectivity index (χ2n) is 5.03. The number of carbonyl (C=O) groups excluding carboxylic acids is 2. The Morgan fingerprint density at radius 1 is 1.26 bits per heavy atom. The third-order valence-corrected chi connectivity index (χ3v) is 3.11. The number of nitrogens with one attached hydrogen (secondary N) is 2. The molecule has 110 valence electrons. The quantitative estimate of drug-likeness (QED) is 0.670. The Bertz CT molecular complexity index is 289. The summed E-state index contributed by atoms with van der Waals surface area (Å²) in [5.41, 5.74) is 0. The van der Waals surface area contributed by atoms with Crippen molar-refractivity contribution in [3.63, 3.8) is 0 Å². The van der Waals surface area contributed by atoms with Gasteiger partial charge in [0.2, 0.25) is 5.91 Å². The van der Waals surface area contributed by atoms with E-state index in [0.717, 1.165) is 25.9 Å². The number of nitrogens with zero attached hydrogens (tertiary/aromatic N) is 1. The van der Waals surface area contributed by atoms with Gasteiger partial charge in [0.1, 0.15) is 0 Å². The number of hydrogen-bond donors (Lipinski definition) is 2. The molecule has 0 aromatic carbocycles. The van der Waals surface area contributed by atoms with Gasteiger partial charge in [-0.2, -0.15) is 0 Å². The lowest BCUT2D eigenvalue weighted by molar-refractivity contribution is -0.120. The van der Waals surface area contributed by atoms with E-state index < -0.39 is 0 Å². The van der Waals surface area contributed by atoms with Crippen LogP contribution in [0.25, 0.3) is 0 Å². The van der Waals surface area contributed by atoms with Crippen molar-refractivity contribution >= 4 is 11.9 Å². The molecule has 0 spiro atoms. The number of amides is 3. The van der Waals surface area contributed by atoms with Gasteiger partial charge in [-0.05, 0) is 32.1 Å². The lowest BCUT2D eigenvalue weighted by atomic mass is 10.1. The van der Waals surface area contributed by atoms with Crippen LogP contribution in [0, 0.1) is 0 Å². The van der Waals surface area contributed by atoms with Crippen LogP contribution >= 0.6 is 0 Å². The minimum absolute atomic E-state index is 0.0305. The second kappa shape index (κ2) is 8.74. The second-order valence-corrected chi connectivity index (χ2v) is 5.03. The summed E-state index contributed by atoms with van der Waals surface area (Å²) < 4.78 is 5.53. The van der Waals surface area contributed by atoms with Gasteiger partial charge < -0.3 is 20.3 Å². The molecular weight excluding hydrogens is 246 g/mol.